The van der Waals surface area contributed by atoms with E-state index in [2.05, 4.69) is 34.8 Å². The maximum Gasteiger partial charge on any atom is 0.104 e. The minimum Gasteiger partial charge on any atom is -0.384 e. The summed E-state index contributed by atoms with van der Waals surface area (Å²) in [5.74, 6) is 5.60. The molecule has 0 aliphatic rings. The molecule has 19 heavy (non-hydrogen) atoms. The molecule has 0 saturated carbocycles. The number of aromatic nitrogens is 1. The van der Waals surface area contributed by atoms with Crippen molar-refractivity contribution in [2.24, 2.45) is 0 Å². The third-order valence-electron chi connectivity index (χ3n) is 2.58. The first-order valence-electron chi connectivity index (χ1n) is 6.04. The van der Waals surface area contributed by atoms with E-state index in [9.17, 15) is 0 Å². The summed E-state index contributed by atoms with van der Waals surface area (Å²) >= 11 is 1.67. The number of aliphatic hydroxyl groups excluding tert-OH is 1. The first kappa shape index (κ1) is 13.8. The van der Waals surface area contributed by atoms with E-state index in [4.69, 9.17) is 5.11 Å². The predicted molar refractivity (Wildman–Crippen MR) is 77.7 cm³/mol. The van der Waals surface area contributed by atoms with Gasteiger partial charge in [0.15, 0.2) is 0 Å². The molecule has 0 radical (unpaired) electrons. The zero-order valence-electron chi connectivity index (χ0n) is 10.8. The van der Waals surface area contributed by atoms with Crippen molar-refractivity contribution in [2.75, 3.05) is 13.7 Å². The molecule has 2 aromatic heterocycles. The molecular weight excluding hydrogens is 256 g/mol. The van der Waals surface area contributed by atoms with Crippen LogP contribution in [-0.2, 0) is 13.1 Å². The molecule has 2 aromatic rings. The van der Waals surface area contributed by atoms with Gasteiger partial charge in [-0.2, -0.15) is 0 Å². The van der Waals surface area contributed by atoms with E-state index in [0.29, 0.717) is 0 Å². The van der Waals surface area contributed by atoms with Crippen molar-refractivity contribution < 1.29 is 5.11 Å². The highest BCUT2D eigenvalue weighted by Gasteiger charge is 2.04. The Labute approximate surface area is 117 Å². The van der Waals surface area contributed by atoms with Gasteiger partial charge in [-0.05, 0) is 36.9 Å². The van der Waals surface area contributed by atoms with E-state index in [1.54, 1.807) is 11.3 Å². The van der Waals surface area contributed by atoms with Crippen LogP contribution in [0.1, 0.15) is 15.3 Å². The second-order valence-corrected chi connectivity index (χ2v) is 5.42. The second kappa shape index (κ2) is 7.05. The fourth-order valence-corrected chi connectivity index (χ4v) is 2.74. The molecule has 0 spiro atoms. The van der Waals surface area contributed by atoms with Gasteiger partial charge in [0, 0.05) is 30.4 Å². The van der Waals surface area contributed by atoms with Crippen molar-refractivity contribution in [2.45, 2.75) is 13.1 Å². The maximum atomic E-state index is 8.66. The molecular formula is C15H16N2OS. The summed E-state index contributed by atoms with van der Waals surface area (Å²) in [5.41, 5.74) is 1.26. The molecule has 1 N–H and O–H groups in total. The van der Waals surface area contributed by atoms with Crippen molar-refractivity contribution in [3.05, 3.63) is 52.0 Å². The van der Waals surface area contributed by atoms with E-state index >= 15 is 0 Å². The number of thiophene rings is 1. The van der Waals surface area contributed by atoms with Crippen molar-refractivity contribution in [3.63, 3.8) is 0 Å². The van der Waals surface area contributed by atoms with Crippen LogP contribution in [-0.4, -0.2) is 28.6 Å². The molecule has 0 unspecified atom stereocenters. The Kier molecular flexibility index (Phi) is 5.10. The Balaban J connectivity index is 1.92. The number of hydrogen-bond acceptors (Lipinski definition) is 4. The molecule has 0 aromatic carbocycles. The average molecular weight is 272 g/mol. The van der Waals surface area contributed by atoms with Crippen molar-refractivity contribution in [1.29, 1.82) is 0 Å². The van der Waals surface area contributed by atoms with Crippen LogP contribution in [0.15, 0.2) is 36.7 Å². The summed E-state index contributed by atoms with van der Waals surface area (Å²) in [6, 6.07) is 8.16. The number of rotatable bonds is 4. The van der Waals surface area contributed by atoms with Gasteiger partial charge in [0.05, 0.1) is 4.88 Å². The van der Waals surface area contributed by atoms with Crippen LogP contribution in [0.25, 0.3) is 0 Å². The molecule has 0 amide bonds. The van der Waals surface area contributed by atoms with Crippen LogP contribution >= 0.6 is 11.3 Å². The Morgan fingerprint density at radius 1 is 1.21 bits per heavy atom. The topological polar surface area (TPSA) is 36.4 Å². The van der Waals surface area contributed by atoms with Crippen LogP contribution < -0.4 is 0 Å². The summed E-state index contributed by atoms with van der Waals surface area (Å²) < 4.78 is 0. The third kappa shape index (κ3) is 4.49. The van der Waals surface area contributed by atoms with E-state index in [-0.39, 0.29) is 6.61 Å². The Bertz CT molecular complexity index is 569. The van der Waals surface area contributed by atoms with Gasteiger partial charge >= 0.3 is 0 Å². The average Bonchev–Trinajstić information content (AvgIpc) is 2.85. The van der Waals surface area contributed by atoms with Gasteiger partial charge in [0.2, 0.25) is 0 Å². The van der Waals surface area contributed by atoms with E-state index in [1.165, 1.54) is 10.4 Å². The van der Waals surface area contributed by atoms with Gasteiger partial charge in [-0.3, -0.25) is 9.88 Å². The molecule has 2 rings (SSSR count). The Morgan fingerprint density at radius 3 is 2.74 bits per heavy atom. The number of pyridine rings is 1. The van der Waals surface area contributed by atoms with Crippen LogP contribution in [0.3, 0.4) is 0 Å². The normalized spacial score (nSPS) is 10.3. The lowest BCUT2D eigenvalue weighted by molar-refractivity contribution is 0.322. The molecule has 0 fully saturated rings. The number of aliphatic hydroxyl groups is 1. The fraction of sp³-hybridized carbons (Fsp3) is 0.267. The molecule has 98 valence electrons. The summed E-state index contributed by atoms with van der Waals surface area (Å²) in [5, 5.41) is 8.66. The van der Waals surface area contributed by atoms with Gasteiger partial charge in [-0.25, -0.2) is 0 Å². The van der Waals surface area contributed by atoms with E-state index in [0.717, 1.165) is 18.0 Å². The zero-order valence-corrected chi connectivity index (χ0v) is 11.7. The monoisotopic (exact) mass is 272 g/mol. The zero-order chi connectivity index (χ0) is 13.5. The predicted octanol–water partition coefficient (Wildman–Crippen LogP) is 2.12. The summed E-state index contributed by atoms with van der Waals surface area (Å²) in [6.45, 7) is 1.71. The summed E-state index contributed by atoms with van der Waals surface area (Å²) in [4.78, 5) is 8.55. The molecule has 4 heteroatoms. The Morgan fingerprint density at radius 2 is 2.00 bits per heavy atom. The smallest absolute Gasteiger partial charge is 0.104 e. The van der Waals surface area contributed by atoms with Gasteiger partial charge in [0.25, 0.3) is 0 Å². The van der Waals surface area contributed by atoms with Crippen LogP contribution in [0.4, 0.5) is 0 Å². The second-order valence-electron chi connectivity index (χ2n) is 4.25. The molecule has 0 aliphatic carbocycles. The van der Waals surface area contributed by atoms with Gasteiger partial charge in [0.1, 0.15) is 6.61 Å². The SMILES string of the molecule is CN(Cc1ccncc1)Cc1ccc(C#CCO)s1. The number of nitrogens with zero attached hydrogens (tertiary/aromatic N) is 2. The van der Waals surface area contributed by atoms with Crippen LogP contribution in [0, 0.1) is 11.8 Å². The van der Waals surface area contributed by atoms with Gasteiger partial charge in [-0.1, -0.05) is 11.8 Å². The lowest BCUT2D eigenvalue weighted by Gasteiger charge is -2.15. The highest BCUT2D eigenvalue weighted by molar-refractivity contribution is 7.12. The lowest BCUT2D eigenvalue weighted by Crippen LogP contribution is -2.16. The van der Waals surface area contributed by atoms with Gasteiger partial charge < -0.3 is 5.11 Å². The molecule has 0 atom stereocenters. The lowest BCUT2D eigenvalue weighted by atomic mass is 10.2. The number of hydrogen-bond donors (Lipinski definition) is 1. The molecule has 3 nitrogen and oxygen atoms in total. The van der Waals surface area contributed by atoms with Crippen molar-refractivity contribution >= 4 is 11.3 Å². The molecule has 2 heterocycles. The Hall–Kier alpha value is -1.67. The molecule has 0 aliphatic heterocycles. The third-order valence-corrected chi connectivity index (χ3v) is 3.57. The highest BCUT2D eigenvalue weighted by atomic mass is 32.1. The van der Waals surface area contributed by atoms with Crippen LogP contribution in [0.5, 0.6) is 0 Å². The first-order valence-corrected chi connectivity index (χ1v) is 6.85. The van der Waals surface area contributed by atoms with Crippen molar-refractivity contribution in [3.8, 4) is 11.8 Å². The highest BCUT2D eigenvalue weighted by Crippen LogP contribution is 2.17. The fourth-order valence-electron chi connectivity index (χ4n) is 1.78. The maximum absolute atomic E-state index is 8.66. The van der Waals surface area contributed by atoms with Gasteiger partial charge in [-0.15, -0.1) is 11.3 Å². The minimum absolute atomic E-state index is 0.0881. The quantitative estimate of drug-likeness (QED) is 0.866. The minimum atomic E-state index is -0.0881. The molecule has 0 saturated heterocycles. The summed E-state index contributed by atoms with van der Waals surface area (Å²) in [7, 11) is 2.10. The van der Waals surface area contributed by atoms with E-state index in [1.807, 2.05) is 30.6 Å². The standard InChI is InChI=1S/C15H16N2OS/c1-17(11-13-6-8-16-9-7-13)12-15-5-4-14(19-15)3-2-10-18/h4-9,18H,10-12H2,1H3. The summed E-state index contributed by atoms with van der Waals surface area (Å²) in [6.07, 6.45) is 3.63. The van der Waals surface area contributed by atoms with E-state index < -0.39 is 0 Å². The van der Waals surface area contributed by atoms with Crippen molar-refractivity contribution in [1.82, 2.24) is 9.88 Å². The largest absolute Gasteiger partial charge is 0.384 e. The molecule has 0 bridgehead atoms. The van der Waals surface area contributed by atoms with Crippen LogP contribution in [0.2, 0.25) is 0 Å². The first-order chi connectivity index (χ1) is 9.28.